The lowest BCUT2D eigenvalue weighted by atomic mass is 10.2. The normalized spacial score (nSPS) is 12.6. The summed E-state index contributed by atoms with van der Waals surface area (Å²) < 4.78 is 5.28. The summed E-state index contributed by atoms with van der Waals surface area (Å²) >= 11 is 3.30. The third-order valence-electron chi connectivity index (χ3n) is 1.89. The summed E-state index contributed by atoms with van der Waals surface area (Å²) in [5.74, 6) is 1.35. The molecule has 1 N–H and O–H groups in total. The maximum absolute atomic E-state index is 11.7. The van der Waals surface area contributed by atoms with Crippen molar-refractivity contribution in [1.82, 2.24) is 5.32 Å². The Bertz CT molecular complexity index is 333. The second kappa shape index (κ2) is 4.64. The van der Waals surface area contributed by atoms with Crippen molar-refractivity contribution in [3.8, 4) is 0 Å². The van der Waals surface area contributed by atoms with E-state index in [1.165, 1.54) is 0 Å². The smallest absolute Gasteiger partial charge is 0.255 e. The summed E-state index contributed by atoms with van der Waals surface area (Å²) in [4.78, 5) is 11.7. The number of halogens is 1. The molecule has 1 atom stereocenters. The minimum atomic E-state index is -0.0775. The molecule has 3 nitrogen and oxygen atoms in total. The van der Waals surface area contributed by atoms with Crippen LogP contribution in [-0.2, 0) is 0 Å². The van der Waals surface area contributed by atoms with E-state index in [9.17, 15) is 4.79 Å². The molecule has 1 amide bonds. The zero-order valence-corrected chi connectivity index (χ0v) is 10.1. The van der Waals surface area contributed by atoms with Crippen molar-refractivity contribution in [2.75, 3.05) is 5.33 Å². The summed E-state index contributed by atoms with van der Waals surface area (Å²) in [5, 5.41) is 3.60. The standard InChI is InChI=1S/C10H14BrNO2/c1-6(5-11)12-10(13)9-4-7(2)14-8(9)3/h4,6H,5H2,1-3H3,(H,12,13). The van der Waals surface area contributed by atoms with E-state index >= 15 is 0 Å². The van der Waals surface area contributed by atoms with Crippen LogP contribution in [-0.4, -0.2) is 17.3 Å². The molecule has 0 aromatic carbocycles. The van der Waals surface area contributed by atoms with E-state index in [0.29, 0.717) is 11.3 Å². The number of aryl methyl sites for hydroxylation is 2. The molecule has 1 aromatic rings. The minimum Gasteiger partial charge on any atom is -0.466 e. The first-order chi connectivity index (χ1) is 6.54. The van der Waals surface area contributed by atoms with Gasteiger partial charge in [-0.2, -0.15) is 0 Å². The van der Waals surface area contributed by atoms with Gasteiger partial charge in [-0.25, -0.2) is 0 Å². The molecular weight excluding hydrogens is 246 g/mol. The lowest BCUT2D eigenvalue weighted by Gasteiger charge is -2.09. The average molecular weight is 260 g/mol. The number of nitrogens with one attached hydrogen (secondary N) is 1. The van der Waals surface area contributed by atoms with E-state index in [4.69, 9.17) is 4.42 Å². The first-order valence-corrected chi connectivity index (χ1v) is 5.60. The number of alkyl halides is 1. The Morgan fingerprint density at radius 3 is 2.71 bits per heavy atom. The highest BCUT2D eigenvalue weighted by atomic mass is 79.9. The van der Waals surface area contributed by atoms with Gasteiger partial charge < -0.3 is 9.73 Å². The van der Waals surface area contributed by atoms with Crippen LogP contribution >= 0.6 is 15.9 Å². The minimum absolute atomic E-state index is 0.0775. The van der Waals surface area contributed by atoms with Gasteiger partial charge in [-0.3, -0.25) is 4.79 Å². The van der Waals surface area contributed by atoms with Crippen molar-refractivity contribution in [1.29, 1.82) is 0 Å². The highest BCUT2D eigenvalue weighted by Crippen LogP contribution is 2.13. The molecule has 0 fully saturated rings. The number of amides is 1. The number of carbonyl (C=O) groups is 1. The first kappa shape index (κ1) is 11.3. The third kappa shape index (κ3) is 2.61. The van der Waals surface area contributed by atoms with E-state index in [0.717, 1.165) is 11.1 Å². The van der Waals surface area contributed by atoms with Crippen molar-refractivity contribution in [3.63, 3.8) is 0 Å². The van der Waals surface area contributed by atoms with Crippen molar-refractivity contribution in [2.45, 2.75) is 26.8 Å². The van der Waals surface area contributed by atoms with E-state index in [2.05, 4.69) is 21.2 Å². The fourth-order valence-electron chi connectivity index (χ4n) is 1.20. The Hall–Kier alpha value is -0.770. The third-order valence-corrected chi connectivity index (χ3v) is 2.87. The van der Waals surface area contributed by atoms with Gasteiger partial charge in [-0.15, -0.1) is 0 Å². The molecule has 0 aliphatic carbocycles. The SMILES string of the molecule is Cc1cc(C(=O)NC(C)CBr)c(C)o1. The monoisotopic (exact) mass is 259 g/mol. The van der Waals surface area contributed by atoms with E-state index in [1.54, 1.807) is 13.0 Å². The van der Waals surface area contributed by atoms with Gasteiger partial charge in [0, 0.05) is 11.4 Å². The molecule has 4 heteroatoms. The molecule has 0 aliphatic heterocycles. The Labute approximate surface area is 92.0 Å². The molecule has 1 aromatic heterocycles. The van der Waals surface area contributed by atoms with Crippen LogP contribution in [0.5, 0.6) is 0 Å². The van der Waals surface area contributed by atoms with Gasteiger partial charge in [0.1, 0.15) is 11.5 Å². The first-order valence-electron chi connectivity index (χ1n) is 4.48. The van der Waals surface area contributed by atoms with Gasteiger partial charge in [-0.05, 0) is 26.8 Å². The molecule has 1 rings (SSSR count). The van der Waals surface area contributed by atoms with Gasteiger partial charge in [0.05, 0.1) is 5.56 Å². The van der Waals surface area contributed by atoms with Gasteiger partial charge in [0.25, 0.3) is 5.91 Å². The number of furan rings is 1. The van der Waals surface area contributed by atoms with Crippen LogP contribution in [0.4, 0.5) is 0 Å². The van der Waals surface area contributed by atoms with Crippen LogP contribution in [0.25, 0.3) is 0 Å². The molecule has 1 unspecified atom stereocenters. The summed E-state index contributed by atoms with van der Waals surface area (Å²) in [7, 11) is 0. The van der Waals surface area contributed by atoms with Crippen LogP contribution in [0.3, 0.4) is 0 Å². The van der Waals surface area contributed by atoms with Crippen LogP contribution in [0.2, 0.25) is 0 Å². The lowest BCUT2D eigenvalue weighted by molar-refractivity contribution is 0.0942. The fraction of sp³-hybridized carbons (Fsp3) is 0.500. The maximum atomic E-state index is 11.7. The van der Waals surface area contributed by atoms with E-state index in [1.807, 2.05) is 13.8 Å². The van der Waals surface area contributed by atoms with Crippen molar-refractivity contribution in [2.24, 2.45) is 0 Å². The zero-order valence-electron chi connectivity index (χ0n) is 8.56. The predicted molar refractivity (Wildman–Crippen MR) is 58.9 cm³/mol. The van der Waals surface area contributed by atoms with Crippen molar-refractivity contribution < 1.29 is 9.21 Å². The highest BCUT2D eigenvalue weighted by molar-refractivity contribution is 9.09. The van der Waals surface area contributed by atoms with Crippen LogP contribution in [0.1, 0.15) is 28.8 Å². The molecule has 0 radical (unpaired) electrons. The molecule has 14 heavy (non-hydrogen) atoms. The second-order valence-corrected chi connectivity index (χ2v) is 4.00. The summed E-state index contributed by atoms with van der Waals surface area (Å²) in [6.07, 6.45) is 0. The highest BCUT2D eigenvalue weighted by Gasteiger charge is 2.14. The summed E-state index contributed by atoms with van der Waals surface area (Å²) in [5.41, 5.74) is 0.621. The number of hydrogen-bond acceptors (Lipinski definition) is 2. The van der Waals surface area contributed by atoms with Gasteiger partial charge >= 0.3 is 0 Å². The van der Waals surface area contributed by atoms with Gasteiger partial charge in [-0.1, -0.05) is 15.9 Å². The molecule has 78 valence electrons. The number of hydrogen-bond donors (Lipinski definition) is 1. The largest absolute Gasteiger partial charge is 0.466 e. The zero-order chi connectivity index (χ0) is 10.7. The van der Waals surface area contributed by atoms with Crippen molar-refractivity contribution in [3.05, 3.63) is 23.2 Å². The second-order valence-electron chi connectivity index (χ2n) is 3.36. The van der Waals surface area contributed by atoms with Gasteiger partial charge in [0.2, 0.25) is 0 Å². The molecule has 0 bridgehead atoms. The molecule has 1 heterocycles. The van der Waals surface area contributed by atoms with Crippen LogP contribution in [0, 0.1) is 13.8 Å². The predicted octanol–water partition coefficient (Wildman–Crippen LogP) is 2.41. The van der Waals surface area contributed by atoms with Crippen LogP contribution < -0.4 is 5.32 Å². The topological polar surface area (TPSA) is 42.2 Å². The molecule has 0 saturated heterocycles. The van der Waals surface area contributed by atoms with Gasteiger partial charge in [0.15, 0.2) is 0 Å². The molecule has 0 spiro atoms. The quantitative estimate of drug-likeness (QED) is 0.848. The maximum Gasteiger partial charge on any atom is 0.255 e. The van der Waals surface area contributed by atoms with E-state index < -0.39 is 0 Å². The summed E-state index contributed by atoms with van der Waals surface area (Å²) in [6, 6.07) is 1.88. The molecule has 0 saturated carbocycles. The summed E-state index contributed by atoms with van der Waals surface area (Å²) in [6.45, 7) is 5.56. The molecular formula is C10H14BrNO2. The Morgan fingerprint density at radius 1 is 1.64 bits per heavy atom. The average Bonchev–Trinajstić information content (AvgIpc) is 2.45. The van der Waals surface area contributed by atoms with E-state index in [-0.39, 0.29) is 11.9 Å². The number of rotatable bonds is 3. The van der Waals surface area contributed by atoms with Crippen molar-refractivity contribution >= 4 is 21.8 Å². The fourth-order valence-corrected chi connectivity index (χ4v) is 1.36. The Morgan fingerprint density at radius 2 is 2.29 bits per heavy atom. The molecule has 0 aliphatic rings. The lowest BCUT2D eigenvalue weighted by Crippen LogP contribution is -2.33. The van der Waals surface area contributed by atoms with Crippen LogP contribution in [0.15, 0.2) is 10.5 Å². The Balaban J connectivity index is 2.74. The number of carbonyl (C=O) groups excluding carboxylic acids is 1. The Kier molecular flexibility index (Phi) is 3.75.